The van der Waals surface area contributed by atoms with E-state index < -0.39 is 71.2 Å². The molecule has 2 rings (SSSR count). The maximum atomic E-state index is 12.8. The van der Waals surface area contributed by atoms with E-state index in [1.165, 1.54) is 134 Å². The van der Waals surface area contributed by atoms with Gasteiger partial charge in [-0.05, 0) is 18.9 Å². The fraction of sp³-hybridized carbons (Fsp3) is 0.886. The van der Waals surface area contributed by atoms with Crippen molar-refractivity contribution in [2.45, 2.75) is 224 Å². The smallest absolute Gasteiger partial charge is 0.457 e. The Labute approximate surface area is 376 Å². The van der Waals surface area contributed by atoms with E-state index in [0.717, 1.165) is 49.5 Å². The van der Waals surface area contributed by atoms with Crippen molar-refractivity contribution in [3.8, 4) is 0 Å². The number of carbonyl (C=O) groups is 1. The van der Waals surface area contributed by atoms with Gasteiger partial charge in [0, 0.05) is 19.2 Å². The van der Waals surface area contributed by atoms with E-state index in [-0.39, 0.29) is 18.8 Å². The number of aliphatic hydroxyl groups is 2. The Kier molecular flexibility index (Phi) is 31.5. The lowest BCUT2D eigenvalue weighted by Crippen LogP contribution is -2.36. The first-order valence-corrected chi connectivity index (χ1v) is 27.1. The second-order valence-corrected chi connectivity index (χ2v) is 20.0. The van der Waals surface area contributed by atoms with Crippen LogP contribution in [0.1, 0.15) is 200 Å². The molecule has 0 amide bonds. The average Bonchev–Trinajstić information content (AvgIpc) is 3.51. The summed E-state index contributed by atoms with van der Waals surface area (Å²) < 4.78 is 57.4. The Bertz CT molecular complexity index is 1490. The number of esters is 1. The molecule has 0 aliphatic carbocycles. The number of aliphatic hydroxyl groups excluding tert-OH is 2. The number of hydrogen-bond acceptors (Lipinski definition) is 14. The Balaban J connectivity index is 1.77. The molecule has 4 unspecified atom stereocenters. The van der Waals surface area contributed by atoms with E-state index in [1.54, 1.807) is 0 Å². The van der Waals surface area contributed by atoms with Crippen molar-refractivity contribution < 1.29 is 61.5 Å². The number of hydrogen-bond donors (Lipinski definition) is 5. The molecule has 6 N–H and O–H groups in total. The van der Waals surface area contributed by atoms with E-state index in [2.05, 4.69) is 23.1 Å². The summed E-state index contributed by atoms with van der Waals surface area (Å²) in [7, 11) is -10.6. The number of ether oxygens (including phenoxy) is 3. The molecule has 1 saturated heterocycles. The summed E-state index contributed by atoms with van der Waals surface area (Å²) in [6, 6.07) is 1.27. The minimum absolute atomic E-state index is 0.0829. The third-order valence-electron chi connectivity index (χ3n) is 11.2. The third-order valence-corrected chi connectivity index (χ3v) is 13.8. The van der Waals surface area contributed by atoms with E-state index in [1.807, 2.05) is 0 Å². The summed E-state index contributed by atoms with van der Waals surface area (Å²) in [6.07, 6.45) is 26.1. The van der Waals surface area contributed by atoms with Gasteiger partial charge in [0.25, 0.3) is 0 Å². The molecule has 0 spiro atoms. The standard InChI is InChI=1S/C44H83N3O14P2/c1-3-5-7-9-11-13-15-17-19-21-23-25-27-29-33-56-34-37(59-40(48)30-28-26-24-22-20-18-16-14-12-10-8-6-4-2)35-57-62(52,53)61-63(54,55)58-36-38-41(49)42(50)43(60-38)47-32-31-39(45)46-44(47)51/h31-32,37-38,41-43,49-50H,3-30,33-36H2,1-2H3,(H,52,53)(H,54,55)(H2,45,46,51)/t37?,38-,41-,42+,43?/m1/s1. The fourth-order valence-corrected chi connectivity index (χ4v) is 9.61. The molecule has 0 radical (unpaired) electrons. The van der Waals surface area contributed by atoms with Crippen molar-refractivity contribution in [2.75, 3.05) is 32.2 Å². The van der Waals surface area contributed by atoms with Crippen molar-refractivity contribution in [3.05, 3.63) is 22.7 Å². The topological polar surface area (TPSA) is 248 Å². The van der Waals surface area contributed by atoms with Gasteiger partial charge in [0.2, 0.25) is 0 Å². The zero-order valence-electron chi connectivity index (χ0n) is 38.4. The molecule has 2 heterocycles. The van der Waals surface area contributed by atoms with Crippen molar-refractivity contribution >= 4 is 27.4 Å². The van der Waals surface area contributed by atoms with Crippen LogP contribution in [0, 0.1) is 0 Å². The van der Waals surface area contributed by atoms with E-state index >= 15 is 0 Å². The first-order chi connectivity index (χ1) is 30.3. The lowest BCUT2D eigenvalue weighted by atomic mass is 10.0. The van der Waals surface area contributed by atoms with Gasteiger partial charge in [-0.25, -0.2) is 13.9 Å². The predicted octanol–water partition coefficient (Wildman–Crippen LogP) is 9.59. The molecule has 17 nitrogen and oxygen atoms in total. The van der Waals surface area contributed by atoms with Gasteiger partial charge < -0.3 is 39.9 Å². The Hall–Kier alpha value is -1.75. The number of phosphoric acid groups is 2. The zero-order chi connectivity index (χ0) is 46.2. The Morgan fingerprint density at radius 1 is 0.714 bits per heavy atom. The number of phosphoric ester groups is 2. The Morgan fingerprint density at radius 3 is 1.67 bits per heavy atom. The van der Waals surface area contributed by atoms with Crippen LogP contribution in [-0.4, -0.2) is 86.4 Å². The van der Waals surface area contributed by atoms with Gasteiger partial charge in [0.1, 0.15) is 30.2 Å². The van der Waals surface area contributed by atoms with Gasteiger partial charge >= 0.3 is 27.3 Å². The first kappa shape index (κ1) is 57.4. The number of nitrogens with zero attached hydrogens (tertiary/aromatic N) is 2. The van der Waals surface area contributed by atoms with Crippen LogP contribution in [0.15, 0.2) is 17.1 Å². The summed E-state index contributed by atoms with van der Waals surface area (Å²) in [5.74, 6) is -0.607. The Morgan fingerprint density at radius 2 is 1.17 bits per heavy atom. The lowest BCUT2D eigenvalue weighted by Gasteiger charge is -2.21. The largest absolute Gasteiger partial charge is 0.481 e. The van der Waals surface area contributed by atoms with Gasteiger partial charge in [-0.2, -0.15) is 9.29 Å². The van der Waals surface area contributed by atoms with Crippen LogP contribution in [-0.2, 0) is 41.5 Å². The van der Waals surface area contributed by atoms with Gasteiger partial charge in [-0.15, -0.1) is 0 Å². The molecule has 0 saturated carbocycles. The van der Waals surface area contributed by atoms with Gasteiger partial charge in [0.15, 0.2) is 6.23 Å². The number of aromatic nitrogens is 2. The molecule has 1 aliphatic heterocycles. The summed E-state index contributed by atoms with van der Waals surface area (Å²) >= 11 is 0. The van der Waals surface area contributed by atoms with Crippen LogP contribution in [0.3, 0.4) is 0 Å². The molecule has 63 heavy (non-hydrogen) atoms. The van der Waals surface area contributed by atoms with Gasteiger partial charge in [-0.3, -0.25) is 18.4 Å². The number of carbonyl (C=O) groups excluding carboxylic acids is 1. The quantitative estimate of drug-likeness (QED) is 0.0233. The van der Waals surface area contributed by atoms with Crippen LogP contribution in [0.5, 0.6) is 0 Å². The highest BCUT2D eigenvalue weighted by Crippen LogP contribution is 2.60. The van der Waals surface area contributed by atoms with Crippen LogP contribution in [0.25, 0.3) is 0 Å². The molecule has 0 aromatic carbocycles. The molecule has 0 bridgehead atoms. The maximum absolute atomic E-state index is 12.8. The minimum atomic E-state index is -5.35. The zero-order valence-corrected chi connectivity index (χ0v) is 40.2. The molecular weight excluding hydrogens is 856 g/mol. The minimum Gasteiger partial charge on any atom is -0.457 e. The lowest BCUT2D eigenvalue weighted by molar-refractivity contribution is -0.154. The van der Waals surface area contributed by atoms with Crippen LogP contribution >= 0.6 is 15.6 Å². The summed E-state index contributed by atoms with van der Waals surface area (Å²) in [6.45, 7) is 3.13. The summed E-state index contributed by atoms with van der Waals surface area (Å²) in [4.78, 5) is 49.2. The number of rotatable bonds is 41. The van der Waals surface area contributed by atoms with Crippen molar-refractivity contribution in [3.63, 3.8) is 0 Å². The second-order valence-electron chi connectivity index (χ2n) is 17.0. The van der Waals surface area contributed by atoms with Crippen molar-refractivity contribution in [1.82, 2.24) is 9.55 Å². The van der Waals surface area contributed by atoms with E-state index in [0.29, 0.717) is 13.0 Å². The molecule has 7 atom stereocenters. The SMILES string of the molecule is CCCCCCCCCCCCCCCCOCC(COP(=O)(O)OP(=O)(O)OC[C@H]1OC(n2ccc(N)nc2=O)[C@@H](O)[C@@H]1O)OC(=O)CCCCCCCCCCCCCCC. The highest BCUT2D eigenvalue weighted by molar-refractivity contribution is 7.61. The third kappa shape index (κ3) is 27.5. The van der Waals surface area contributed by atoms with Crippen LogP contribution in [0.4, 0.5) is 5.82 Å². The molecule has 368 valence electrons. The second kappa shape index (κ2) is 34.5. The molecule has 19 heteroatoms. The van der Waals surface area contributed by atoms with E-state index in [9.17, 15) is 38.7 Å². The van der Waals surface area contributed by atoms with Gasteiger partial charge in [-0.1, -0.05) is 174 Å². The van der Waals surface area contributed by atoms with Crippen LogP contribution < -0.4 is 11.4 Å². The number of nitrogens with two attached hydrogens (primary N) is 1. The molecule has 1 aliphatic rings. The summed E-state index contributed by atoms with van der Waals surface area (Å²) in [5.41, 5.74) is 4.61. The highest BCUT2D eigenvalue weighted by atomic mass is 31.3. The van der Waals surface area contributed by atoms with Gasteiger partial charge in [0.05, 0.1) is 19.8 Å². The number of anilines is 1. The fourth-order valence-electron chi connectivity index (χ4n) is 7.50. The molecule has 1 aromatic heterocycles. The normalized spacial score (nSPS) is 20.1. The molecular formula is C44H83N3O14P2. The maximum Gasteiger partial charge on any atom is 0.481 e. The first-order valence-electron chi connectivity index (χ1n) is 24.1. The van der Waals surface area contributed by atoms with Crippen molar-refractivity contribution in [1.29, 1.82) is 0 Å². The molecule has 1 fully saturated rings. The molecule has 1 aromatic rings. The highest BCUT2D eigenvalue weighted by Gasteiger charge is 2.46. The number of nitrogen functional groups attached to an aromatic ring is 1. The predicted molar refractivity (Wildman–Crippen MR) is 243 cm³/mol. The monoisotopic (exact) mass is 940 g/mol. The van der Waals surface area contributed by atoms with E-state index in [4.69, 9.17) is 29.0 Å². The average molecular weight is 940 g/mol. The van der Waals surface area contributed by atoms with Crippen LogP contribution in [0.2, 0.25) is 0 Å². The summed E-state index contributed by atoms with van der Waals surface area (Å²) in [5, 5.41) is 20.9. The van der Waals surface area contributed by atoms with Crippen molar-refractivity contribution in [2.24, 2.45) is 0 Å². The number of unbranched alkanes of at least 4 members (excludes halogenated alkanes) is 25.